The molecule has 6 nitrogen and oxygen atoms in total. The van der Waals surface area contributed by atoms with Crippen molar-refractivity contribution in [3.63, 3.8) is 0 Å². The van der Waals surface area contributed by atoms with Gasteiger partial charge in [-0.25, -0.2) is 0 Å². The molecule has 0 atom stereocenters. The summed E-state index contributed by atoms with van der Waals surface area (Å²) in [6, 6.07) is 0. The Morgan fingerprint density at radius 1 is 1.59 bits per heavy atom. The van der Waals surface area contributed by atoms with Crippen molar-refractivity contribution in [2.45, 2.75) is 33.2 Å². The summed E-state index contributed by atoms with van der Waals surface area (Å²) in [4.78, 5) is 10.7. The summed E-state index contributed by atoms with van der Waals surface area (Å²) in [6.07, 6.45) is 2.35. The maximum atomic E-state index is 10.7. The molecule has 0 amide bonds. The number of hydrogen-bond acceptors (Lipinski definition) is 4. The molecule has 0 aromatic carbocycles. The first-order valence-electron chi connectivity index (χ1n) is 5.52. The van der Waals surface area contributed by atoms with E-state index >= 15 is 0 Å². The highest BCUT2D eigenvalue weighted by Gasteiger charge is 2.24. The number of aromatic nitrogens is 3. The second kappa shape index (κ2) is 5.77. The van der Waals surface area contributed by atoms with Crippen molar-refractivity contribution in [3.8, 4) is 0 Å². The summed E-state index contributed by atoms with van der Waals surface area (Å²) < 4.78 is 6.89. The Labute approximate surface area is 101 Å². The highest BCUT2D eigenvalue weighted by atomic mass is 16.5. The average Bonchev–Trinajstić information content (AvgIpc) is 2.59. The number of carboxylic acids is 1. The van der Waals surface area contributed by atoms with Gasteiger partial charge in [0, 0.05) is 20.1 Å². The third-order valence-corrected chi connectivity index (χ3v) is 2.50. The van der Waals surface area contributed by atoms with Gasteiger partial charge in [-0.3, -0.25) is 4.79 Å². The lowest BCUT2D eigenvalue weighted by molar-refractivity contribution is -0.139. The molecule has 1 heterocycles. The van der Waals surface area contributed by atoms with Crippen molar-refractivity contribution in [3.05, 3.63) is 12.2 Å². The van der Waals surface area contributed by atoms with Gasteiger partial charge in [-0.2, -0.15) is 0 Å². The van der Waals surface area contributed by atoms with E-state index in [2.05, 4.69) is 10.2 Å². The molecule has 0 spiro atoms. The summed E-state index contributed by atoms with van der Waals surface area (Å²) >= 11 is 0. The summed E-state index contributed by atoms with van der Waals surface area (Å²) in [5.41, 5.74) is -0.330. The van der Waals surface area contributed by atoms with Gasteiger partial charge in [0.2, 0.25) is 0 Å². The van der Waals surface area contributed by atoms with Crippen LogP contribution < -0.4 is 0 Å². The van der Waals surface area contributed by atoms with Crippen LogP contribution in [-0.2, 0) is 22.5 Å². The highest BCUT2D eigenvalue weighted by molar-refractivity contribution is 5.67. The number of rotatable bonds is 7. The first-order valence-corrected chi connectivity index (χ1v) is 5.52. The van der Waals surface area contributed by atoms with Crippen molar-refractivity contribution < 1.29 is 14.6 Å². The third kappa shape index (κ3) is 4.52. The normalized spacial score (nSPS) is 11.7. The number of nitrogens with zero attached hydrogens (tertiary/aromatic N) is 3. The summed E-state index contributed by atoms with van der Waals surface area (Å²) in [6.45, 7) is 5.10. The molecule has 1 aromatic heterocycles. The van der Waals surface area contributed by atoms with Crippen LogP contribution in [0, 0.1) is 5.41 Å². The fourth-order valence-electron chi connectivity index (χ4n) is 1.69. The molecule has 0 bridgehead atoms. The van der Waals surface area contributed by atoms with Crippen LogP contribution in [-0.4, -0.2) is 39.6 Å². The molecule has 1 rings (SSSR count). The Kier molecular flexibility index (Phi) is 4.62. The maximum Gasteiger partial charge on any atom is 0.303 e. The van der Waals surface area contributed by atoms with E-state index in [1.54, 1.807) is 13.4 Å². The van der Waals surface area contributed by atoms with E-state index < -0.39 is 5.97 Å². The van der Waals surface area contributed by atoms with Gasteiger partial charge in [-0.1, -0.05) is 13.8 Å². The minimum Gasteiger partial charge on any atom is -0.481 e. The van der Waals surface area contributed by atoms with Crippen molar-refractivity contribution in [1.82, 2.24) is 14.8 Å². The van der Waals surface area contributed by atoms with Gasteiger partial charge in [0.25, 0.3) is 0 Å². The van der Waals surface area contributed by atoms with Gasteiger partial charge in [-0.15, -0.1) is 10.2 Å². The van der Waals surface area contributed by atoms with Gasteiger partial charge in [0.15, 0.2) is 0 Å². The number of ether oxygens (including phenoxy) is 1. The SMILES string of the molecule is COCCn1cnnc1CC(C)(C)CC(=O)O. The predicted molar refractivity (Wildman–Crippen MR) is 61.6 cm³/mol. The van der Waals surface area contributed by atoms with Crippen LogP contribution in [0.2, 0.25) is 0 Å². The van der Waals surface area contributed by atoms with Crippen molar-refractivity contribution in [1.29, 1.82) is 0 Å². The molecule has 0 aliphatic carbocycles. The molecule has 0 unspecified atom stereocenters. The van der Waals surface area contributed by atoms with E-state index in [4.69, 9.17) is 9.84 Å². The lowest BCUT2D eigenvalue weighted by Crippen LogP contribution is -2.22. The first-order chi connectivity index (χ1) is 7.94. The summed E-state index contributed by atoms with van der Waals surface area (Å²) in [7, 11) is 1.64. The first kappa shape index (κ1) is 13.6. The van der Waals surface area contributed by atoms with Gasteiger partial charge in [0.1, 0.15) is 12.2 Å². The highest BCUT2D eigenvalue weighted by Crippen LogP contribution is 2.24. The summed E-state index contributed by atoms with van der Waals surface area (Å²) in [5, 5.41) is 16.7. The van der Waals surface area contributed by atoms with Gasteiger partial charge < -0.3 is 14.4 Å². The molecule has 0 saturated heterocycles. The van der Waals surface area contributed by atoms with E-state index in [-0.39, 0.29) is 11.8 Å². The third-order valence-electron chi connectivity index (χ3n) is 2.50. The lowest BCUT2D eigenvalue weighted by Gasteiger charge is -2.21. The molecule has 0 fully saturated rings. The van der Waals surface area contributed by atoms with E-state index in [1.165, 1.54) is 0 Å². The zero-order valence-electron chi connectivity index (χ0n) is 10.5. The Balaban J connectivity index is 2.67. The lowest BCUT2D eigenvalue weighted by atomic mass is 9.85. The molecule has 1 N–H and O–H groups in total. The topological polar surface area (TPSA) is 77.2 Å². The Bertz CT molecular complexity index is 374. The fraction of sp³-hybridized carbons (Fsp3) is 0.727. The molecule has 6 heteroatoms. The summed E-state index contributed by atoms with van der Waals surface area (Å²) in [5.74, 6) is 0.00579. The minimum absolute atomic E-state index is 0.115. The standard InChI is InChI=1S/C11H19N3O3/c1-11(2,7-10(15)16)6-9-13-12-8-14(9)4-5-17-3/h8H,4-7H2,1-3H3,(H,15,16). The fourth-order valence-corrected chi connectivity index (χ4v) is 1.69. The van der Waals surface area contributed by atoms with Crippen LogP contribution in [0.1, 0.15) is 26.1 Å². The molecule has 1 aromatic rings. The van der Waals surface area contributed by atoms with Crippen LogP contribution in [0.15, 0.2) is 6.33 Å². The number of methoxy groups -OCH3 is 1. The van der Waals surface area contributed by atoms with E-state index in [0.717, 1.165) is 5.82 Å². The van der Waals surface area contributed by atoms with Gasteiger partial charge in [0.05, 0.1) is 13.0 Å². The number of carbonyl (C=O) groups is 1. The predicted octanol–water partition coefficient (Wildman–Crippen LogP) is 0.968. The van der Waals surface area contributed by atoms with Crippen molar-refractivity contribution >= 4 is 5.97 Å². The second-order valence-electron chi connectivity index (χ2n) is 4.84. The van der Waals surface area contributed by atoms with Crippen LogP contribution in [0.25, 0.3) is 0 Å². The maximum absolute atomic E-state index is 10.7. The van der Waals surface area contributed by atoms with Crippen LogP contribution in [0.5, 0.6) is 0 Å². The van der Waals surface area contributed by atoms with Crippen molar-refractivity contribution in [2.24, 2.45) is 5.41 Å². The average molecular weight is 241 g/mol. The second-order valence-corrected chi connectivity index (χ2v) is 4.84. The van der Waals surface area contributed by atoms with Gasteiger partial charge >= 0.3 is 5.97 Å². The molecule has 96 valence electrons. The Morgan fingerprint density at radius 2 is 2.29 bits per heavy atom. The molecule has 0 aliphatic heterocycles. The van der Waals surface area contributed by atoms with Crippen LogP contribution >= 0.6 is 0 Å². The zero-order valence-corrected chi connectivity index (χ0v) is 10.5. The van der Waals surface area contributed by atoms with E-state index in [9.17, 15) is 4.79 Å². The minimum atomic E-state index is -0.794. The molecular weight excluding hydrogens is 222 g/mol. The number of hydrogen-bond donors (Lipinski definition) is 1. The molecule has 0 aliphatic rings. The molecule has 0 saturated carbocycles. The van der Waals surface area contributed by atoms with Crippen LogP contribution in [0.3, 0.4) is 0 Å². The largest absolute Gasteiger partial charge is 0.481 e. The number of carboxylic acid groups (broad SMARTS) is 1. The quantitative estimate of drug-likeness (QED) is 0.769. The zero-order chi connectivity index (χ0) is 12.9. The molecule has 0 radical (unpaired) electrons. The molecule has 17 heavy (non-hydrogen) atoms. The van der Waals surface area contributed by atoms with E-state index in [0.29, 0.717) is 19.6 Å². The molecular formula is C11H19N3O3. The Morgan fingerprint density at radius 3 is 2.88 bits per heavy atom. The van der Waals surface area contributed by atoms with Crippen LogP contribution in [0.4, 0.5) is 0 Å². The Hall–Kier alpha value is -1.43. The van der Waals surface area contributed by atoms with Crippen molar-refractivity contribution in [2.75, 3.05) is 13.7 Å². The van der Waals surface area contributed by atoms with E-state index in [1.807, 2.05) is 18.4 Å². The monoisotopic (exact) mass is 241 g/mol. The van der Waals surface area contributed by atoms with Gasteiger partial charge in [-0.05, 0) is 5.41 Å². The smallest absolute Gasteiger partial charge is 0.303 e. The number of aliphatic carboxylic acids is 1.